The molecule has 1 amide bonds. The Morgan fingerprint density at radius 2 is 1.85 bits per heavy atom. The number of carbonyl (C=O) groups excluding carboxylic acids is 1. The van der Waals surface area contributed by atoms with Gasteiger partial charge >= 0.3 is 5.97 Å². The van der Waals surface area contributed by atoms with Crippen molar-refractivity contribution in [1.82, 2.24) is 5.48 Å². The molecule has 9 heteroatoms. The number of hydrogen-bond acceptors (Lipinski definition) is 5. The molecule has 8 nitrogen and oxygen atoms in total. The van der Waals surface area contributed by atoms with E-state index < -0.39 is 33.7 Å². The highest BCUT2D eigenvalue weighted by Crippen LogP contribution is 2.04. The van der Waals surface area contributed by atoms with Crippen LogP contribution in [0, 0.1) is 0 Å². The lowest BCUT2D eigenvalue weighted by molar-refractivity contribution is -0.140. The topological polar surface area (TPSA) is 141 Å². The monoisotopic (exact) mass is 213 g/mol. The van der Waals surface area contributed by atoms with E-state index in [4.69, 9.17) is 14.9 Å². The maximum atomic E-state index is 10.5. The summed E-state index contributed by atoms with van der Waals surface area (Å²) in [5.74, 6) is -3.09. The first-order valence-electron chi connectivity index (χ1n) is 2.91. The number of carbonyl (C=O) groups is 2. The molecule has 0 aromatic heterocycles. The van der Waals surface area contributed by atoms with E-state index in [1.54, 1.807) is 0 Å². The van der Waals surface area contributed by atoms with Crippen molar-refractivity contribution in [2.45, 2.75) is 11.7 Å². The normalized spacial score (nSPS) is 13.4. The minimum absolute atomic E-state index is 0.936. The van der Waals surface area contributed by atoms with Crippen molar-refractivity contribution in [2.75, 3.05) is 0 Å². The Morgan fingerprint density at radius 1 is 1.38 bits per heavy atom. The highest BCUT2D eigenvalue weighted by atomic mass is 32.2. The number of rotatable bonds is 4. The molecule has 1 atom stereocenters. The number of amides is 1. The molecule has 0 aromatic carbocycles. The Labute approximate surface area is 72.9 Å². The van der Waals surface area contributed by atoms with Gasteiger partial charge < -0.3 is 5.11 Å². The Balaban J connectivity index is 4.77. The third-order valence-corrected chi connectivity index (χ3v) is 2.22. The van der Waals surface area contributed by atoms with Crippen molar-refractivity contribution in [3.05, 3.63) is 0 Å². The van der Waals surface area contributed by atoms with Crippen LogP contribution in [0.15, 0.2) is 0 Å². The number of aliphatic carboxylic acids is 1. The van der Waals surface area contributed by atoms with Crippen LogP contribution >= 0.6 is 0 Å². The second kappa shape index (κ2) is 4.16. The first-order chi connectivity index (χ1) is 5.79. The Hall–Kier alpha value is -1.19. The Bertz CT molecular complexity index is 306. The Morgan fingerprint density at radius 3 is 2.08 bits per heavy atom. The molecule has 0 saturated carbocycles. The van der Waals surface area contributed by atoms with Gasteiger partial charge in [0.05, 0.1) is 6.42 Å². The number of nitrogens with one attached hydrogen (secondary N) is 1. The highest BCUT2D eigenvalue weighted by molar-refractivity contribution is 7.87. The minimum Gasteiger partial charge on any atom is -0.481 e. The van der Waals surface area contributed by atoms with Gasteiger partial charge in [-0.05, 0) is 0 Å². The predicted octanol–water partition coefficient (Wildman–Crippen LogP) is -1.78. The summed E-state index contributed by atoms with van der Waals surface area (Å²) < 4.78 is 29.1. The summed E-state index contributed by atoms with van der Waals surface area (Å²) in [6, 6.07) is 0. The molecule has 0 bridgehead atoms. The molecule has 0 rings (SSSR count). The first kappa shape index (κ1) is 11.8. The van der Waals surface area contributed by atoms with Crippen molar-refractivity contribution >= 4 is 22.0 Å². The van der Waals surface area contributed by atoms with Gasteiger partial charge in [0.1, 0.15) is 0 Å². The summed E-state index contributed by atoms with van der Waals surface area (Å²) in [6.45, 7) is 0. The summed E-state index contributed by atoms with van der Waals surface area (Å²) >= 11 is 0. The summed E-state index contributed by atoms with van der Waals surface area (Å²) in [5.41, 5.74) is 0.936. The van der Waals surface area contributed by atoms with Crippen LogP contribution in [0.4, 0.5) is 0 Å². The molecule has 13 heavy (non-hydrogen) atoms. The molecule has 0 unspecified atom stereocenters. The minimum atomic E-state index is -4.82. The number of carboxylic acids is 1. The van der Waals surface area contributed by atoms with Gasteiger partial charge in [0.2, 0.25) is 0 Å². The number of carboxylic acid groups (broad SMARTS) is 1. The van der Waals surface area contributed by atoms with Crippen LogP contribution in [0.2, 0.25) is 0 Å². The predicted molar refractivity (Wildman–Crippen MR) is 37.5 cm³/mol. The maximum absolute atomic E-state index is 10.5. The fraction of sp³-hybridized carbons (Fsp3) is 0.500. The molecule has 76 valence electrons. The highest BCUT2D eigenvalue weighted by Gasteiger charge is 2.33. The van der Waals surface area contributed by atoms with Crippen LogP contribution in [0.25, 0.3) is 0 Å². The maximum Gasteiger partial charge on any atom is 0.305 e. The Kier molecular flexibility index (Phi) is 3.78. The van der Waals surface area contributed by atoms with E-state index in [1.165, 1.54) is 0 Å². The van der Waals surface area contributed by atoms with E-state index in [1.807, 2.05) is 0 Å². The van der Waals surface area contributed by atoms with Crippen molar-refractivity contribution in [3.63, 3.8) is 0 Å². The van der Waals surface area contributed by atoms with Crippen LogP contribution < -0.4 is 5.48 Å². The zero-order valence-corrected chi connectivity index (χ0v) is 6.98. The van der Waals surface area contributed by atoms with E-state index in [2.05, 4.69) is 0 Å². The van der Waals surface area contributed by atoms with Crippen LogP contribution in [0.5, 0.6) is 0 Å². The van der Waals surface area contributed by atoms with Gasteiger partial charge in [-0.25, -0.2) is 5.48 Å². The van der Waals surface area contributed by atoms with Crippen molar-refractivity contribution in [3.8, 4) is 0 Å². The van der Waals surface area contributed by atoms with Gasteiger partial charge in [-0.2, -0.15) is 8.42 Å². The molecule has 4 N–H and O–H groups in total. The standard InChI is InChI=1S/C4H7NO7S/c6-3(7)1-2(4(8)5-9)13(10,11)12/h2,9H,1H2,(H,5,8)(H,6,7)(H,10,11,12)/t2-/m1/s1. The average molecular weight is 213 g/mol. The second-order valence-corrected chi connectivity index (χ2v) is 3.68. The SMILES string of the molecule is O=C(O)C[C@H](C(=O)NO)S(=O)(=O)O. The van der Waals surface area contributed by atoms with Gasteiger partial charge in [-0.15, -0.1) is 0 Å². The van der Waals surface area contributed by atoms with Gasteiger partial charge in [-0.3, -0.25) is 19.3 Å². The van der Waals surface area contributed by atoms with Gasteiger partial charge in [0, 0.05) is 0 Å². The largest absolute Gasteiger partial charge is 0.481 e. The van der Waals surface area contributed by atoms with Crippen LogP contribution in [-0.2, 0) is 19.7 Å². The van der Waals surface area contributed by atoms with Crippen molar-refractivity contribution in [1.29, 1.82) is 0 Å². The molecule has 0 fully saturated rings. The van der Waals surface area contributed by atoms with Crippen molar-refractivity contribution < 1.29 is 32.9 Å². The van der Waals surface area contributed by atoms with Crippen molar-refractivity contribution in [2.24, 2.45) is 0 Å². The molecule has 0 aliphatic rings. The lowest BCUT2D eigenvalue weighted by atomic mass is 10.3. The molecule has 0 heterocycles. The van der Waals surface area contributed by atoms with E-state index in [0.29, 0.717) is 0 Å². The quantitative estimate of drug-likeness (QED) is 0.246. The fourth-order valence-corrected chi connectivity index (χ4v) is 1.24. The fourth-order valence-electron chi connectivity index (χ4n) is 0.564. The first-order valence-corrected chi connectivity index (χ1v) is 4.41. The van der Waals surface area contributed by atoms with Crippen LogP contribution in [0.1, 0.15) is 6.42 Å². The molecular formula is C4H7NO7S. The summed E-state index contributed by atoms with van der Waals surface area (Å²) in [7, 11) is -4.82. The summed E-state index contributed by atoms with van der Waals surface area (Å²) in [5, 5.41) is 14.0. The smallest absolute Gasteiger partial charge is 0.305 e. The number of hydrogen-bond donors (Lipinski definition) is 4. The van der Waals surface area contributed by atoms with Crippen LogP contribution in [-0.4, -0.2) is 40.4 Å². The van der Waals surface area contributed by atoms with E-state index in [0.717, 1.165) is 5.48 Å². The third-order valence-electron chi connectivity index (χ3n) is 1.12. The molecule has 0 aliphatic carbocycles. The van der Waals surface area contributed by atoms with Gasteiger partial charge in [0.15, 0.2) is 5.25 Å². The molecule has 0 radical (unpaired) electrons. The average Bonchev–Trinajstić information content (AvgIpc) is 1.96. The zero-order chi connectivity index (χ0) is 10.6. The molecule has 0 aliphatic heterocycles. The molecular weight excluding hydrogens is 206 g/mol. The lowest BCUT2D eigenvalue weighted by Crippen LogP contribution is -2.39. The van der Waals surface area contributed by atoms with Gasteiger partial charge in [-0.1, -0.05) is 0 Å². The summed E-state index contributed by atoms with van der Waals surface area (Å²) in [4.78, 5) is 20.6. The lowest BCUT2D eigenvalue weighted by Gasteiger charge is -2.07. The second-order valence-electron chi connectivity index (χ2n) is 2.08. The van der Waals surface area contributed by atoms with E-state index in [-0.39, 0.29) is 0 Å². The molecule has 0 aromatic rings. The number of hydroxylamine groups is 1. The zero-order valence-electron chi connectivity index (χ0n) is 6.17. The van der Waals surface area contributed by atoms with E-state index >= 15 is 0 Å². The van der Waals surface area contributed by atoms with Gasteiger partial charge in [0.25, 0.3) is 16.0 Å². The summed E-state index contributed by atoms with van der Waals surface area (Å²) in [6.07, 6.45) is -1.12. The third kappa shape index (κ3) is 3.83. The molecule has 0 spiro atoms. The molecule has 0 saturated heterocycles. The van der Waals surface area contributed by atoms with E-state index in [9.17, 15) is 18.0 Å². The van der Waals surface area contributed by atoms with Crippen LogP contribution in [0.3, 0.4) is 0 Å².